The minimum absolute atomic E-state index is 0.00594. The lowest BCUT2D eigenvalue weighted by Crippen LogP contribution is -2.60. The number of hydroxylamine groups is 2. The summed E-state index contributed by atoms with van der Waals surface area (Å²) in [5, 5.41) is 26.4. The molecule has 1 saturated heterocycles. The second-order valence-corrected chi connectivity index (χ2v) is 7.07. The first-order valence-corrected chi connectivity index (χ1v) is 7.64. The molecule has 1 aliphatic rings. The molecule has 0 atom stereocenters. The number of anilines is 1. The zero-order valence-electron chi connectivity index (χ0n) is 14.0. The molecule has 0 spiro atoms. The largest absolute Gasteiger partial charge is 0.325 e. The predicted octanol–water partition coefficient (Wildman–Crippen LogP) is 2.33. The van der Waals surface area contributed by atoms with Crippen molar-refractivity contribution >= 4 is 11.6 Å². The maximum atomic E-state index is 10.3. The predicted molar refractivity (Wildman–Crippen MR) is 88.8 cm³/mol. The molecule has 7 heteroatoms. The molecule has 7 nitrogen and oxygen atoms in total. The number of aromatic nitrogens is 1. The highest BCUT2D eigenvalue weighted by Gasteiger charge is 2.45. The van der Waals surface area contributed by atoms with Gasteiger partial charge in [0.15, 0.2) is 6.19 Å². The lowest BCUT2D eigenvalue weighted by atomic mass is 9.79. The Kier molecular flexibility index (Phi) is 4.88. The Morgan fingerprint density at radius 2 is 1.87 bits per heavy atom. The SMILES string of the molecule is CC1(C)CC(N=C(NC#N)Nc2ccncc2)CC(C)(C)N1O. The molecular weight excluding hydrogens is 292 g/mol. The molecule has 0 saturated carbocycles. The van der Waals surface area contributed by atoms with Crippen molar-refractivity contribution in [1.82, 2.24) is 15.4 Å². The summed E-state index contributed by atoms with van der Waals surface area (Å²) in [6.07, 6.45) is 6.64. The average molecular weight is 316 g/mol. The Balaban J connectivity index is 2.20. The van der Waals surface area contributed by atoms with E-state index in [9.17, 15) is 5.21 Å². The zero-order valence-corrected chi connectivity index (χ0v) is 14.0. The van der Waals surface area contributed by atoms with E-state index in [-0.39, 0.29) is 17.1 Å². The first-order chi connectivity index (χ1) is 10.7. The van der Waals surface area contributed by atoms with Crippen molar-refractivity contribution in [2.24, 2.45) is 4.99 Å². The number of rotatable bonds is 2. The first kappa shape index (κ1) is 17.2. The van der Waals surface area contributed by atoms with Crippen LogP contribution in [0.3, 0.4) is 0 Å². The van der Waals surface area contributed by atoms with E-state index in [1.165, 1.54) is 5.06 Å². The topological polar surface area (TPSA) is 96.6 Å². The van der Waals surface area contributed by atoms with Crippen molar-refractivity contribution < 1.29 is 5.21 Å². The van der Waals surface area contributed by atoms with Crippen molar-refractivity contribution in [2.75, 3.05) is 5.32 Å². The molecule has 3 N–H and O–H groups in total. The van der Waals surface area contributed by atoms with Gasteiger partial charge in [0.25, 0.3) is 0 Å². The van der Waals surface area contributed by atoms with E-state index in [2.05, 4.69) is 20.6 Å². The van der Waals surface area contributed by atoms with Gasteiger partial charge in [-0.15, -0.1) is 0 Å². The van der Waals surface area contributed by atoms with Crippen LogP contribution in [-0.4, -0.2) is 38.3 Å². The van der Waals surface area contributed by atoms with E-state index in [1.54, 1.807) is 24.5 Å². The normalized spacial score (nSPS) is 21.5. The fourth-order valence-electron chi connectivity index (χ4n) is 3.21. The van der Waals surface area contributed by atoms with Crippen LogP contribution < -0.4 is 10.6 Å². The molecule has 1 aliphatic heterocycles. The third-order valence-corrected chi connectivity index (χ3v) is 4.05. The number of aliphatic imine (C=N–C) groups is 1. The van der Waals surface area contributed by atoms with Crippen LogP contribution in [0.1, 0.15) is 40.5 Å². The van der Waals surface area contributed by atoms with E-state index in [1.807, 2.05) is 33.9 Å². The lowest BCUT2D eigenvalue weighted by molar-refractivity contribution is -0.244. The van der Waals surface area contributed by atoms with Crippen LogP contribution in [0.15, 0.2) is 29.5 Å². The Morgan fingerprint density at radius 1 is 1.30 bits per heavy atom. The molecule has 0 unspecified atom stereocenters. The molecule has 2 rings (SSSR count). The number of nitriles is 1. The van der Waals surface area contributed by atoms with Crippen molar-refractivity contribution in [3.63, 3.8) is 0 Å². The summed E-state index contributed by atoms with van der Waals surface area (Å²) < 4.78 is 0. The van der Waals surface area contributed by atoms with Gasteiger partial charge in [0.1, 0.15) is 0 Å². The van der Waals surface area contributed by atoms with E-state index in [4.69, 9.17) is 5.26 Å². The monoisotopic (exact) mass is 316 g/mol. The summed E-state index contributed by atoms with van der Waals surface area (Å²) in [7, 11) is 0. The number of pyridine rings is 1. The molecule has 0 bridgehead atoms. The highest BCUT2D eigenvalue weighted by molar-refractivity contribution is 5.94. The molecule has 1 aromatic heterocycles. The molecule has 124 valence electrons. The number of nitrogens with zero attached hydrogens (tertiary/aromatic N) is 4. The highest BCUT2D eigenvalue weighted by atomic mass is 16.5. The van der Waals surface area contributed by atoms with Gasteiger partial charge in [-0.05, 0) is 52.7 Å². The first-order valence-electron chi connectivity index (χ1n) is 7.64. The van der Waals surface area contributed by atoms with Crippen LogP contribution >= 0.6 is 0 Å². The number of hydrogen-bond donors (Lipinski definition) is 3. The van der Waals surface area contributed by atoms with Gasteiger partial charge < -0.3 is 10.5 Å². The summed E-state index contributed by atoms with van der Waals surface area (Å²) in [6, 6.07) is 3.60. The zero-order chi connectivity index (χ0) is 17.1. The van der Waals surface area contributed by atoms with Gasteiger partial charge in [-0.25, -0.2) is 4.99 Å². The van der Waals surface area contributed by atoms with Gasteiger partial charge in [-0.2, -0.15) is 10.3 Å². The summed E-state index contributed by atoms with van der Waals surface area (Å²) in [6.45, 7) is 7.96. The van der Waals surface area contributed by atoms with E-state index >= 15 is 0 Å². The third-order valence-electron chi connectivity index (χ3n) is 4.05. The van der Waals surface area contributed by atoms with Crippen LogP contribution in [-0.2, 0) is 0 Å². The molecule has 1 aromatic rings. The number of guanidine groups is 1. The van der Waals surface area contributed by atoms with Gasteiger partial charge in [-0.3, -0.25) is 10.3 Å². The molecule has 0 aromatic carbocycles. The second-order valence-electron chi connectivity index (χ2n) is 7.07. The van der Waals surface area contributed by atoms with Crippen LogP contribution in [0.4, 0.5) is 5.69 Å². The minimum Gasteiger partial charge on any atom is -0.325 e. The Bertz CT molecular complexity index is 587. The standard InChI is InChI=1S/C16H24N6O/c1-15(2)9-13(10-16(3,4)22(15)23)21-14(19-11-17)20-12-5-7-18-8-6-12/h5-8,13,23H,9-10H2,1-4H3,(H2,18,19,20,21). The molecule has 0 radical (unpaired) electrons. The lowest BCUT2D eigenvalue weighted by Gasteiger charge is -2.50. The third kappa shape index (κ3) is 4.18. The van der Waals surface area contributed by atoms with Gasteiger partial charge >= 0.3 is 0 Å². The molecular formula is C16H24N6O. The van der Waals surface area contributed by atoms with E-state index < -0.39 is 0 Å². The average Bonchev–Trinajstić information content (AvgIpc) is 2.45. The summed E-state index contributed by atoms with van der Waals surface area (Å²) in [4.78, 5) is 8.62. The Hall–Kier alpha value is -2.17. The number of piperidine rings is 1. The molecule has 1 fully saturated rings. The summed E-state index contributed by atoms with van der Waals surface area (Å²) >= 11 is 0. The van der Waals surface area contributed by atoms with Crippen LogP contribution in [0.5, 0.6) is 0 Å². The second kappa shape index (κ2) is 6.52. The number of nitrogens with one attached hydrogen (secondary N) is 2. The van der Waals surface area contributed by atoms with Gasteiger partial charge in [0.05, 0.1) is 6.04 Å². The molecule has 23 heavy (non-hydrogen) atoms. The number of hydrogen-bond acceptors (Lipinski definition) is 5. The van der Waals surface area contributed by atoms with Gasteiger partial charge in [0.2, 0.25) is 5.96 Å². The van der Waals surface area contributed by atoms with E-state index in [0.717, 1.165) is 5.69 Å². The quantitative estimate of drug-likeness (QED) is 0.335. The van der Waals surface area contributed by atoms with E-state index in [0.29, 0.717) is 18.8 Å². The fourth-order valence-corrected chi connectivity index (χ4v) is 3.21. The van der Waals surface area contributed by atoms with Crippen LogP contribution in [0, 0.1) is 11.5 Å². The van der Waals surface area contributed by atoms with Crippen LogP contribution in [0.2, 0.25) is 0 Å². The Labute approximate surface area is 137 Å². The summed E-state index contributed by atoms with van der Waals surface area (Å²) in [5.41, 5.74) is 0.0360. The van der Waals surface area contributed by atoms with Crippen molar-refractivity contribution in [3.8, 4) is 6.19 Å². The van der Waals surface area contributed by atoms with Gasteiger partial charge in [0, 0.05) is 29.2 Å². The van der Waals surface area contributed by atoms with Crippen LogP contribution in [0.25, 0.3) is 0 Å². The molecule has 2 heterocycles. The molecule has 0 amide bonds. The minimum atomic E-state index is -0.385. The smallest absolute Gasteiger partial charge is 0.209 e. The fraction of sp³-hybridized carbons (Fsp3) is 0.562. The van der Waals surface area contributed by atoms with Crippen molar-refractivity contribution in [2.45, 2.75) is 57.7 Å². The van der Waals surface area contributed by atoms with Crippen molar-refractivity contribution in [1.29, 1.82) is 5.26 Å². The summed E-state index contributed by atoms with van der Waals surface area (Å²) in [5.74, 6) is 0.404. The maximum absolute atomic E-state index is 10.3. The van der Waals surface area contributed by atoms with Gasteiger partial charge in [-0.1, -0.05) is 0 Å². The maximum Gasteiger partial charge on any atom is 0.209 e. The highest BCUT2D eigenvalue weighted by Crippen LogP contribution is 2.37. The van der Waals surface area contributed by atoms with Crippen molar-refractivity contribution in [3.05, 3.63) is 24.5 Å². The Morgan fingerprint density at radius 3 is 2.39 bits per heavy atom. The molecule has 0 aliphatic carbocycles.